The molecule has 0 bridgehead atoms. The highest BCUT2D eigenvalue weighted by Crippen LogP contribution is 2.31. The summed E-state index contributed by atoms with van der Waals surface area (Å²) in [6.45, 7) is 3.83. The molecule has 5 heteroatoms. The molecule has 1 aromatic heterocycles. The number of H-pyrrole nitrogens is 1. The van der Waals surface area contributed by atoms with Crippen LogP contribution in [0.2, 0.25) is 0 Å². The van der Waals surface area contributed by atoms with Crippen molar-refractivity contribution in [3.8, 4) is 0 Å². The summed E-state index contributed by atoms with van der Waals surface area (Å²) >= 11 is 3.41. The van der Waals surface area contributed by atoms with E-state index < -0.39 is 11.4 Å². The fraction of sp³-hybridized carbons (Fsp3) is 0.429. The number of rotatable bonds is 5. The molecule has 0 fully saturated rings. The maximum atomic E-state index is 11.5. The van der Waals surface area contributed by atoms with E-state index in [0.29, 0.717) is 19.3 Å². The van der Waals surface area contributed by atoms with Crippen molar-refractivity contribution in [3.63, 3.8) is 0 Å². The van der Waals surface area contributed by atoms with Crippen LogP contribution in [0.5, 0.6) is 0 Å². The summed E-state index contributed by atoms with van der Waals surface area (Å²) in [4.78, 5) is 19.2. The Bertz CT molecular complexity index is 603. The van der Waals surface area contributed by atoms with Gasteiger partial charge in [0.15, 0.2) is 0 Å². The molecule has 2 N–H and O–H groups in total. The van der Waals surface area contributed by atoms with E-state index in [2.05, 4.69) is 25.9 Å². The lowest BCUT2D eigenvalue weighted by molar-refractivity contribution is -0.149. The van der Waals surface area contributed by atoms with Gasteiger partial charge in [-0.15, -0.1) is 0 Å². The number of fused-ring (bicyclic) bond motifs is 1. The smallest absolute Gasteiger partial charge is 0.310 e. The van der Waals surface area contributed by atoms with Crippen LogP contribution >= 0.6 is 15.9 Å². The minimum absolute atomic E-state index is 0.432. The zero-order valence-corrected chi connectivity index (χ0v) is 12.6. The quantitative estimate of drug-likeness (QED) is 0.880. The molecule has 0 atom stereocenters. The van der Waals surface area contributed by atoms with Gasteiger partial charge in [0.25, 0.3) is 0 Å². The van der Waals surface area contributed by atoms with E-state index in [1.807, 2.05) is 32.0 Å². The Balaban J connectivity index is 2.36. The highest BCUT2D eigenvalue weighted by atomic mass is 79.9. The minimum Gasteiger partial charge on any atom is -0.481 e. The van der Waals surface area contributed by atoms with Gasteiger partial charge in [-0.1, -0.05) is 29.8 Å². The molecule has 0 radical (unpaired) electrons. The molecule has 4 nitrogen and oxygen atoms in total. The lowest BCUT2D eigenvalue weighted by Crippen LogP contribution is -2.32. The monoisotopic (exact) mass is 324 g/mol. The van der Waals surface area contributed by atoms with Crippen LogP contribution in [0.3, 0.4) is 0 Å². The molecule has 0 saturated carbocycles. The van der Waals surface area contributed by atoms with E-state index in [0.717, 1.165) is 21.3 Å². The molecule has 2 aromatic rings. The molecule has 0 unspecified atom stereocenters. The lowest BCUT2D eigenvalue weighted by Gasteiger charge is -2.25. The maximum absolute atomic E-state index is 11.5. The molecule has 0 aliphatic rings. The van der Waals surface area contributed by atoms with Crippen LogP contribution in [0.15, 0.2) is 22.7 Å². The standard InChI is InChI=1S/C14H17BrN2O2/c1-3-14(4-2,13(18)19)8-12-16-10-6-5-9(15)7-11(10)17-12/h5-7H,3-4,8H2,1-2H3,(H,16,17)(H,18,19). The first kappa shape index (κ1) is 14.1. The maximum Gasteiger partial charge on any atom is 0.310 e. The summed E-state index contributed by atoms with van der Waals surface area (Å²) in [6, 6.07) is 5.79. The molecule has 2 rings (SSSR count). The van der Waals surface area contributed by atoms with Crippen LogP contribution in [-0.4, -0.2) is 21.0 Å². The Labute approximate surface area is 120 Å². The molecule has 1 aromatic carbocycles. The molecule has 0 aliphatic heterocycles. The Morgan fingerprint density at radius 2 is 2.11 bits per heavy atom. The fourth-order valence-electron chi connectivity index (χ4n) is 2.32. The first-order valence-electron chi connectivity index (χ1n) is 6.38. The third-order valence-corrected chi connectivity index (χ3v) is 4.30. The summed E-state index contributed by atoms with van der Waals surface area (Å²) < 4.78 is 0.977. The Hall–Kier alpha value is -1.36. The van der Waals surface area contributed by atoms with Gasteiger partial charge < -0.3 is 10.1 Å². The Kier molecular flexibility index (Phi) is 3.94. The van der Waals surface area contributed by atoms with Crippen molar-refractivity contribution in [1.29, 1.82) is 0 Å². The molecule has 102 valence electrons. The number of nitrogens with zero attached hydrogens (tertiary/aromatic N) is 1. The summed E-state index contributed by atoms with van der Waals surface area (Å²) in [7, 11) is 0. The second-order valence-electron chi connectivity index (χ2n) is 4.81. The van der Waals surface area contributed by atoms with Crippen molar-refractivity contribution >= 4 is 32.9 Å². The highest BCUT2D eigenvalue weighted by molar-refractivity contribution is 9.10. The van der Waals surface area contributed by atoms with E-state index in [1.165, 1.54) is 0 Å². The molecule has 0 aliphatic carbocycles. The predicted octanol–water partition coefficient (Wildman–Crippen LogP) is 3.76. The molecule has 0 saturated heterocycles. The number of aromatic nitrogens is 2. The number of hydrogen-bond acceptors (Lipinski definition) is 2. The second kappa shape index (κ2) is 5.33. The predicted molar refractivity (Wildman–Crippen MR) is 78.1 cm³/mol. The highest BCUT2D eigenvalue weighted by Gasteiger charge is 2.35. The van der Waals surface area contributed by atoms with Gasteiger partial charge in [0.2, 0.25) is 0 Å². The van der Waals surface area contributed by atoms with Crippen LogP contribution in [0.4, 0.5) is 0 Å². The van der Waals surface area contributed by atoms with Crippen molar-refractivity contribution < 1.29 is 9.90 Å². The number of benzene rings is 1. The number of halogens is 1. The minimum atomic E-state index is -0.751. The normalized spacial score (nSPS) is 11.9. The van der Waals surface area contributed by atoms with Crippen molar-refractivity contribution in [2.75, 3.05) is 0 Å². The van der Waals surface area contributed by atoms with Crippen molar-refractivity contribution in [1.82, 2.24) is 9.97 Å². The third kappa shape index (κ3) is 2.66. The summed E-state index contributed by atoms with van der Waals surface area (Å²) in [5.74, 6) is -0.0154. The largest absolute Gasteiger partial charge is 0.481 e. The van der Waals surface area contributed by atoms with E-state index in [9.17, 15) is 9.90 Å². The summed E-state index contributed by atoms with van der Waals surface area (Å²) in [6.07, 6.45) is 1.63. The van der Waals surface area contributed by atoms with Gasteiger partial charge in [-0.05, 0) is 31.0 Å². The van der Waals surface area contributed by atoms with Crippen molar-refractivity contribution in [2.24, 2.45) is 5.41 Å². The van der Waals surface area contributed by atoms with Crippen molar-refractivity contribution in [3.05, 3.63) is 28.5 Å². The van der Waals surface area contributed by atoms with Gasteiger partial charge in [-0.2, -0.15) is 0 Å². The number of carbonyl (C=O) groups is 1. The van der Waals surface area contributed by atoms with Crippen LogP contribution in [0, 0.1) is 5.41 Å². The number of hydrogen-bond donors (Lipinski definition) is 2. The van der Waals surface area contributed by atoms with Crippen LogP contribution in [-0.2, 0) is 11.2 Å². The molecule has 0 spiro atoms. The number of aliphatic carboxylic acids is 1. The summed E-state index contributed by atoms with van der Waals surface area (Å²) in [5.41, 5.74) is 1.06. The van der Waals surface area contributed by atoms with Crippen molar-refractivity contribution in [2.45, 2.75) is 33.1 Å². The Morgan fingerprint density at radius 1 is 1.42 bits per heavy atom. The SMILES string of the molecule is CCC(CC)(Cc1nc2ccc(Br)cc2[nH]1)C(=O)O. The first-order valence-corrected chi connectivity index (χ1v) is 7.17. The zero-order chi connectivity index (χ0) is 14.0. The van der Waals surface area contributed by atoms with Gasteiger partial charge in [0.05, 0.1) is 16.4 Å². The molecule has 0 amide bonds. The van der Waals surface area contributed by atoms with Crippen LogP contribution in [0.1, 0.15) is 32.5 Å². The van der Waals surface area contributed by atoms with E-state index in [1.54, 1.807) is 0 Å². The number of nitrogens with one attached hydrogen (secondary N) is 1. The zero-order valence-electron chi connectivity index (χ0n) is 11.0. The number of carboxylic acid groups (broad SMARTS) is 1. The number of carboxylic acids is 1. The van der Waals surface area contributed by atoms with Gasteiger partial charge in [-0.25, -0.2) is 4.98 Å². The second-order valence-corrected chi connectivity index (χ2v) is 5.73. The fourth-order valence-corrected chi connectivity index (χ4v) is 2.68. The van der Waals surface area contributed by atoms with Crippen LogP contribution < -0.4 is 0 Å². The van der Waals surface area contributed by atoms with Gasteiger partial charge in [-0.3, -0.25) is 4.79 Å². The van der Waals surface area contributed by atoms with Gasteiger partial charge in [0, 0.05) is 10.9 Å². The lowest BCUT2D eigenvalue weighted by atomic mass is 9.79. The molecule has 19 heavy (non-hydrogen) atoms. The number of aromatic amines is 1. The Morgan fingerprint density at radius 3 is 2.68 bits per heavy atom. The van der Waals surface area contributed by atoms with E-state index in [-0.39, 0.29) is 0 Å². The van der Waals surface area contributed by atoms with E-state index in [4.69, 9.17) is 0 Å². The molecule has 1 heterocycles. The molecular weight excluding hydrogens is 308 g/mol. The average molecular weight is 325 g/mol. The summed E-state index contributed by atoms with van der Waals surface area (Å²) in [5, 5.41) is 9.45. The first-order chi connectivity index (χ1) is 9.00. The third-order valence-electron chi connectivity index (χ3n) is 3.81. The van der Waals surface area contributed by atoms with E-state index >= 15 is 0 Å². The van der Waals surface area contributed by atoms with Gasteiger partial charge >= 0.3 is 5.97 Å². The molecular formula is C14H17BrN2O2. The topological polar surface area (TPSA) is 66.0 Å². The average Bonchev–Trinajstić information content (AvgIpc) is 2.77. The van der Waals surface area contributed by atoms with Gasteiger partial charge in [0.1, 0.15) is 5.82 Å². The van der Waals surface area contributed by atoms with Crippen LogP contribution in [0.25, 0.3) is 11.0 Å². The number of imidazole rings is 1.